The van der Waals surface area contributed by atoms with Crippen molar-refractivity contribution < 1.29 is 9.53 Å². The number of amides is 1. The molecule has 1 amide bonds. The highest BCUT2D eigenvalue weighted by atomic mass is 16.5. The first-order chi connectivity index (χ1) is 8.33. The number of hydrogen-bond donors (Lipinski definition) is 2. The number of ether oxygens (including phenoxy) is 1. The second-order valence-electron chi connectivity index (χ2n) is 4.70. The van der Waals surface area contributed by atoms with Gasteiger partial charge < -0.3 is 15.4 Å². The molecule has 2 aliphatic heterocycles. The molecular formula is C13H16N2O2. The van der Waals surface area contributed by atoms with Gasteiger partial charge in [-0.25, -0.2) is 0 Å². The molecule has 0 aromatic heterocycles. The molecule has 0 saturated carbocycles. The summed E-state index contributed by atoms with van der Waals surface area (Å²) in [5, 5.41) is 6.21. The molecule has 0 bridgehead atoms. The zero-order valence-electron chi connectivity index (χ0n) is 9.61. The largest absolute Gasteiger partial charge is 0.491 e. The Labute approximate surface area is 100 Å². The number of hydrogen-bond acceptors (Lipinski definition) is 3. The van der Waals surface area contributed by atoms with Crippen LogP contribution in [-0.4, -0.2) is 25.6 Å². The minimum atomic E-state index is 0.0201. The van der Waals surface area contributed by atoms with E-state index < -0.39 is 0 Å². The minimum Gasteiger partial charge on any atom is -0.491 e. The van der Waals surface area contributed by atoms with Gasteiger partial charge in [0, 0.05) is 12.0 Å². The van der Waals surface area contributed by atoms with Crippen molar-refractivity contribution in [1.29, 1.82) is 0 Å². The Balaban J connectivity index is 1.60. The molecule has 1 unspecified atom stereocenters. The van der Waals surface area contributed by atoms with E-state index in [4.69, 9.17) is 4.74 Å². The van der Waals surface area contributed by atoms with Gasteiger partial charge in [-0.15, -0.1) is 0 Å². The van der Waals surface area contributed by atoms with Crippen molar-refractivity contribution >= 4 is 5.91 Å². The number of rotatable bonds is 3. The minimum absolute atomic E-state index is 0.0201. The smallest absolute Gasteiger partial charge is 0.220 e. The summed E-state index contributed by atoms with van der Waals surface area (Å²) < 4.78 is 5.53. The molecule has 0 spiro atoms. The molecule has 2 aliphatic rings. The van der Waals surface area contributed by atoms with Gasteiger partial charge in [0.25, 0.3) is 0 Å². The Morgan fingerprint density at radius 3 is 3.00 bits per heavy atom. The summed E-state index contributed by atoms with van der Waals surface area (Å²) in [7, 11) is 0. The highest BCUT2D eigenvalue weighted by molar-refractivity contribution is 5.77. The van der Waals surface area contributed by atoms with E-state index in [0.29, 0.717) is 18.9 Å². The fourth-order valence-corrected chi connectivity index (χ4v) is 2.29. The molecule has 1 aromatic carbocycles. The van der Waals surface area contributed by atoms with Gasteiger partial charge in [-0.05, 0) is 25.1 Å². The normalized spacial score (nSPS) is 22.5. The van der Waals surface area contributed by atoms with Crippen LogP contribution in [0.2, 0.25) is 0 Å². The third kappa shape index (κ3) is 2.13. The van der Waals surface area contributed by atoms with Crippen LogP contribution >= 0.6 is 0 Å². The van der Waals surface area contributed by atoms with Crippen molar-refractivity contribution in [3.05, 3.63) is 29.8 Å². The van der Waals surface area contributed by atoms with Crippen LogP contribution in [0.25, 0.3) is 0 Å². The number of carbonyl (C=O) groups excluding carboxylic acids is 1. The van der Waals surface area contributed by atoms with E-state index in [-0.39, 0.29) is 11.9 Å². The van der Waals surface area contributed by atoms with Crippen LogP contribution in [0, 0.1) is 5.92 Å². The maximum Gasteiger partial charge on any atom is 0.220 e. The number of carbonyl (C=O) groups is 1. The van der Waals surface area contributed by atoms with Crippen molar-refractivity contribution in [1.82, 2.24) is 10.6 Å². The monoisotopic (exact) mass is 232 g/mol. The predicted octanol–water partition coefficient (Wildman–Crippen LogP) is 0.846. The van der Waals surface area contributed by atoms with Crippen molar-refractivity contribution in [3.8, 4) is 5.75 Å². The SMILES string of the molecule is O=C(CC1CNC1)NC1COc2ccccc21. The molecule has 1 atom stereocenters. The predicted molar refractivity (Wildman–Crippen MR) is 63.8 cm³/mol. The topological polar surface area (TPSA) is 50.4 Å². The van der Waals surface area contributed by atoms with E-state index in [0.717, 1.165) is 24.4 Å². The molecule has 2 heterocycles. The maximum atomic E-state index is 11.8. The summed E-state index contributed by atoms with van der Waals surface area (Å²) in [6, 6.07) is 7.90. The Hall–Kier alpha value is -1.55. The summed E-state index contributed by atoms with van der Waals surface area (Å²) in [4.78, 5) is 11.8. The van der Waals surface area contributed by atoms with Crippen LogP contribution in [-0.2, 0) is 4.79 Å². The Morgan fingerprint density at radius 2 is 2.24 bits per heavy atom. The van der Waals surface area contributed by atoms with E-state index in [1.165, 1.54) is 0 Å². The highest BCUT2D eigenvalue weighted by Crippen LogP contribution is 2.31. The molecule has 0 radical (unpaired) electrons. The summed E-state index contributed by atoms with van der Waals surface area (Å²) in [5.41, 5.74) is 1.09. The lowest BCUT2D eigenvalue weighted by Gasteiger charge is -2.26. The van der Waals surface area contributed by atoms with Crippen molar-refractivity contribution in [2.75, 3.05) is 19.7 Å². The molecule has 1 aromatic rings. The quantitative estimate of drug-likeness (QED) is 0.812. The van der Waals surface area contributed by atoms with Crippen LogP contribution in [0.1, 0.15) is 18.0 Å². The van der Waals surface area contributed by atoms with Gasteiger partial charge in [0.2, 0.25) is 5.91 Å². The molecule has 1 saturated heterocycles. The van der Waals surface area contributed by atoms with E-state index in [9.17, 15) is 4.79 Å². The third-order valence-corrected chi connectivity index (χ3v) is 3.38. The van der Waals surface area contributed by atoms with Crippen molar-refractivity contribution in [2.24, 2.45) is 5.92 Å². The van der Waals surface area contributed by atoms with Crippen LogP contribution in [0.15, 0.2) is 24.3 Å². The van der Waals surface area contributed by atoms with Crippen LogP contribution in [0.4, 0.5) is 0 Å². The van der Waals surface area contributed by atoms with Gasteiger partial charge in [-0.1, -0.05) is 18.2 Å². The summed E-state index contributed by atoms with van der Waals surface area (Å²) in [6.45, 7) is 2.48. The third-order valence-electron chi connectivity index (χ3n) is 3.38. The average Bonchev–Trinajstić information content (AvgIpc) is 2.68. The first-order valence-corrected chi connectivity index (χ1v) is 6.05. The van der Waals surface area contributed by atoms with E-state index in [1.54, 1.807) is 0 Å². The molecular weight excluding hydrogens is 216 g/mol. The van der Waals surface area contributed by atoms with Gasteiger partial charge in [-0.2, -0.15) is 0 Å². The second-order valence-corrected chi connectivity index (χ2v) is 4.70. The molecule has 90 valence electrons. The van der Waals surface area contributed by atoms with Crippen LogP contribution in [0.3, 0.4) is 0 Å². The Kier molecular flexibility index (Phi) is 2.73. The number of benzene rings is 1. The number of para-hydroxylation sites is 1. The lowest BCUT2D eigenvalue weighted by molar-refractivity contribution is -0.123. The highest BCUT2D eigenvalue weighted by Gasteiger charge is 2.27. The summed E-state index contributed by atoms with van der Waals surface area (Å²) >= 11 is 0. The van der Waals surface area contributed by atoms with Gasteiger partial charge in [0.05, 0.1) is 6.04 Å². The zero-order chi connectivity index (χ0) is 11.7. The van der Waals surface area contributed by atoms with Crippen molar-refractivity contribution in [3.63, 3.8) is 0 Å². The second kappa shape index (κ2) is 4.37. The first kappa shape index (κ1) is 10.6. The fourth-order valence-electron chi connectivity index (χ4n) is 2.29. The number of fused-ring (bicyclic) bond motifs is 1. The lowest BCUT2D eigenvalue weighted by atomic mass is 9.98. The Morgan fingerprint density at radius 1 is 1.41 bits per heavy atom. The Bertz CT molecular complexity index is 429. The van der Waals surface area contributed by atoms with Gasteiger partial charge in [-0.3, -0.25) is 4.79 Å². The van der Waals surface area contributed by atoms with Gasteiger partial charge in [0.1, 0.15) is 12.4 Å². The summed E-state index contributed by atoms with van der Waals surface area (Å²) in [6.07, 6.45) is 0.617. The lowest BCUT2D eigenvalue weighted by Crippen LogP contribution is -2.45. The molecule has 4 nitrogen and oxygen atoms in total. The first-order valence-electron chi connectivity index (χ1n) is 6.05. The molecule has 3 rings (SSSR count). The van der Waals surface area contributed by atoms with E-state index >= 15 is 0 Å². The number of nitrogens with one attached hydrogen (secondary N) is 2. The molecule has 1 fully saturated rings. The van der Waals surface area contributed by atoms with E-state index in [1.807, 2.05) is 24.3 Å². The maximum absolute atomic E-state index is 11.8. The fraction of sp³-hybridized carbons (Fsp3) is 0.462. The molecule has 0 aliphatic carbocycles. The standard InChI is InChI=1S/C13H16N2O2/c16-13(5-9-6-14-7-9)15-11-8-17-12-4-2-1-3-10(11)12/h1-4,9,11,14H,5-8H2,(H,15,16). The average molecular weight is 232 g/mol. The van der Waals surface area contributed by atoms with Crippen LogP contribution < -0.4 is 15.4 Å². The van der Waals surface area contributed by atoms with Crippen LogP contribution in [0.5, 0.6) is 5.75 Å². The summed E-state index contributed by atoms with van der Waals surface area (Å²) in [5.74, 6) is 1.53. The molecule has 4 heteroatoms. The molecule has 2 N–H and O–H groups in total. The zero-order valence-corrected chi connectivity index (χ0v) is 9.61. The van der Waals surface area contributed by atoms with Gasteiger partial charge >= 0.3 is 0 Å². The molecule has 17 heavy (non-hydrogen) atoms. The van der Waals surface area contributed by atoms with Crippen molar-refractivity contribution in [2.45, 2.75) is 12.5 Å². The van der Waals surface area contributed by atoms with E-state index in [2.05, 4.69) is 10.6 Å². The van der Waals surface area contributed by atoms with Gasteiger partial charge in [0.15, 0.2) is 0 Å².